The standard InChI is InChI=1S/C13H27N3/c1-12(16-10-8-14-9-11-16)6-7-15-13-4-2-3-5-13/h12-15H,2-11H2,1H3. The van der Waals surface area contributed by atoms with Gasteiger partial charge >= 0.3 is 0 Å². The molecule has 16 heavy (non-hydrogen) atoms. The summed E-state index contributed by atoms with van der Waals surface area (Å²) in [6.07, 6.45) is 6.98. The Labute approximate surface area is 100.0 Å². The molecule has 0 spiro atoms. The van der Waals surface area contributed by atoms with Crippen molar-refractivity contribution in [3.8, 4) is 0 Å². The molecule has 2 fully saturated rings. The Morgan fingerprint density at radius 1 is 1.25 bits per heavy atom. The number of nitrogens with one attached hydrogen (secondary N) is 2. The second kappa shape index (κ2) is 6.58. The molecule has 3 heteroatoms. The van der Waals surface area contributed by atoms with Gasteiger partial charge in [0.05, 0.1) is 0 Å². The van der Waals surface area contributed by atoms with Crippen molar-refractivity contribution in [2.24, 2.45) is 0 Å². The van der Waals surface area contributed by atoms with Crippen molar-refractivity contribution in [2.75, 3.05) is 32.7 Å². The van der Waals surface area contributed by atoms with Crippen LogP contribution in [0.15, 0.2) is 0 Å². The molecule has 0 aromatic carbocycles. The molecule has 2 rings (SSSR count). The van der Waals surface area contributed by atoms with Crippen LogP contribution in [0.25, 0.3) is 0 Å². The Bertz CT molecular complexity index is 184. The maximum atomic E-state index is 3.71. The lowest BCUT2D eigenvalue weighted by Crippen LogP contribution is -2.48. The highest BCUT2D eigenvalue weighted by Gasteiger charge is 2.17. The van der Waals surface area contributed by atoms with Gasteiger partial charge < -0.3 is 10.6 Å². The molecule has 1 unspecified atom stereocenters. The molecule has 0 bridgehead atoms. The number of hydrogen-bond donors (Lipinski definition) is 2. The monoisotopic (exact) mass is 225 g/mol. The van der Waals surface area contributed by atoms with Gasteiger partial charge in [0.15, 0.2) is 0 Å². The van der Waals surface area contributed by atoms with Crippen molar-refractivity contribution >= 4 is 0 Å². The van der Waals surface area contributed by atoms with Gasteiger partial charge in [-0.15, -0.1) is 0 Å². The first-order chi connectivity index (χ1) is 7.86. The molecule has 1 saturated heterocycles. The van der Waals surface area contributed by atoms with E-state index < -0.39 is 0 Å². The third-order valence-electron chi connectivity index (χ3n) is 4.13. The fourth-order valence-corrected chi connectivity index (χ4v) is 2.93. The van der Waals surface area contributed by atoms with Gasteiger partial charge in [0.2, 0.25) is 0 Å². The Kier molecular flexibility index (Phi) is 5.07. The minimum Gasteiger partial charge on any atom is -0.314 e. The Morgan fingerprint density at radius 3 is 2.62 bits per heavy atom. The van der Waals surface area contributed by atoms with E-state index in [0.717, 1.165) is 12.1 Å². The second-order valence-corrected chi connectivity index (χ2v) is 5.36. The molecule has 2 aliphatic rings. The summed E-state index contributed by atoms with van der Waals surface area (Å²) in [6.45, 7) is 8.37. The summed E-state index contributed by atoms with van der Waals surface area (Å²) in [4.78, 5) is 2.62. The van der Waals surface area contributed by atoms with Crippen LogP contribution in [-0.4, -0.2) is 49.7 Å². The highest BCUT2D eigenvalue weighted by Crippen LogP contribution is 2.17. The number of hydrogen-bond acceptors (Lipinski definition) is 3. The van der Waals surface area contributed by atoms with E-state index in [9.17, 15) is 0 Å². The van der Waals surface area contributed by atoms with Gasteiger partial charge in [0.25, 0.3) is 0 Å². The van der Waals surface area contributed by atoms with Gasteiger partial charge in [-0.05, 0) is 32.7 Å². The summed E-state index contributed by atoms with van der Waals surface area (Å²) in [5, 5.41) is 7.12. The third kappa shape index (κ3) is 3.72. The third-order valence-corrected chi connectivity index (χ3v) is 4.13. The normalized spacial score (nSPS) is 26.1. The van der Waals surface area contributed by atoms with Crippen molar-refractivity contribution in [3.05, 3.63) is 0 Å². The fraction of sp³-hybridized carbons (Fsp3) is 1.00. The highest BCUT2D eigenvalue weighted by atomic mass is 15.2. The minimum atomic E-state index is 0.746. The Morgan fingerprint density at radius 2 is 1.94 bits per heavy atom. The summed E-state index contributed by atoms with van der Waals surface area (Å²) in [6, 6.07) is 1.58. The molecule has 1 saturated carbocycles. The average molecular weight is 225 g/mol. The first kappa shape index (κ1) is 12.3. The molecule has 1 atom stereocenters. The molecule has 0 radical (unpaired) electrons. The lowest BCUT2D eigenvalue weighted by atomic mass is 10.1. The predicted molar refractivity (Wildman–Crippen MR) is 68.8 cm³/mol. The molecular formula is C13H27N3. The van der Waals surface area contributed by atoms with Gasteiger partial charge in [-0.2, -0.15) is 0 Å². The van der Waals surface area contributed by atoms with E-state index >= 15 is 0 Å². The molecule has 94 valence electrons. The van der Waals surface area contributed by atoms with Crippen molar-refractivity contribution < 1.29 is 0 Å². The van der Waals surface area contributed by atoms with Gasteiger partial charge in [-0.25, -0.2) is 0 Å². The molecule has 1 aliphatic carbocycles. The van der Waals surface area contributed by atoms with E-state index in [1.54, 1.807) is 0 Å². The first-order valence-corrected chi connectivity index (χ1v) is 7.04. The lowest BCUT2D eigenvalue weighted by Gasteiger charge is -2.33. The van der Waals surface area contributed by atoms with Crippen LogP contribution < -0.4 is 10.6 Å². The van der Waals surface area contributed by atoms with Crippen LogP contribution >= 0.6 is 0 Å². The van der Waals surface area contributed by atoms with Crippen LogP contribution in [0.3, 0.4) is 0 Å². The minimum absolute atomic E-state index is 0.746. The fourth-order valence-electron chi connectivity index (χ4n) is 2.93. The molecule has 1 aliphatic heterocycles. The van der Waals surface area contributed by atoms with E-state index in [0.29, 0.717) is 0 Å². The largest absolute Gasteiger partial charge is 0.314 e. The average Bonchev–Trinajstić information content (AvgIpc) is 2.83. The molecule has 2 N–H and O–H groups in total. The van der Waals surface area contributed by atoms with E-state index in [-0.39, 0.29) is 0 Å². The topological polar surface area (TPSA) is 27.3 Å². The molecule has 3 nitrogen and oxygen atoms in total. The zero-order chi connectivity index (χ0) is 11.2. The molecular weight excluding hydrogens is 198 g/mol. The second-order valence-electron chi connectivity index (χ2n) is 5.36. The van der Waals surface area contributed by atoms with Crippen LogP contribution in [0.4, 0.5) is 0 Å². The highest BCUT2D eigenvalue weighted by molar-refractivity contribution is 4.77. The van der Waals surface area contributed by atoms with Crippen molar-refractivity contribution in [2.45, 2.75) is 51.1 Å². The smallest absolute Gasteiger partial charge is 0.0110 e. The quantitative estimate of drug-likeness (QED) is 0.736. The Balaban J connectivity index is 1.57. The molecule has 0 amide bonds. The number of piperazine rings is 1. The van der Waals surface area contributed by atoms with Crippen molar-refractivity contribution in [1.82, 2.24) is 15.5 Å². The van der Waals surface area contributed by atoms with Crippen molar-refractivity contribution in [3.63, 3.8) is 0 Å². The zero-order valence-electron chi connectivity index (χ0n) is 10.7. The van der Waals surface area contributed by atoms with E-state index in [2.05, 4.69) is 22.5 Å². The van der Waals surface area contributed by atoms with Gasteiger partial charge in [0.1, 0.15) is 0 Å². The number of nitrogens with zero attached hydrogens (tertiary/aromatic N) is 1. The molecule has 0 aromatic heterocycles. The van der Waals surface area contributed by atoms with Gasteiger partial charge in [-0.1, -0.05) is 12.8 Å². The summed E-state index contributed by atoms with van der Waals surface area (Å²) in [5.74, 6) is 0. The van der Waals surface area contributed by atoms with Crippen LogP contribution in [0.1, 0.15) is 39.0 Å². The van der Waals surface area contributed by atoms with E-state index in [4.69, 9.17) is 0 Å². The summed E-state index contributed by atoms with van der Waals surface area (Å²) < 4.78 is 0. The first-order valence-electron chi connectivity index (χ1n) is 7.04. The van der Waals surface area contributed by atoms with Crippen molar-refractivity contribution in [1.29, 1.82) is 0 Å². The lowest BCUT2D eigenvalue weighted by molar-refractivity contribution is 0.175. The Hall–Kier alpha value is -0.120. The van der Waals surface area contributed by atoms with E-state index in [1.165, 1.54) is 64.8 Å². The van der Waals surface area contributed by atoms with E-state index in [1.807, 2.05) is 0 Å². The van der Waals surface area contributed by atoms with Gasteiger partial charge in [-0.3, -0.25) is 4.90 Å². The van der Waals surface area contributed by atoms with Crippen LogP contribution in [0.2, 0.25) is 0 Å². The molecule has 1 heterocycles. The van der Waals surface area contributed by atoms with Gasteiger partial charge in [0, 0.05) is 38.3 Å². The SMILES string of the molecule is CC(CCNC1CCCC1)N1CCNCC1. The summed E-state index contributed by atoms with van der Waals surface area (Å²) >= 11 is 0. The van der Waals surface area contributed by atoms with Crippen LogP contribution in [0.5, 0.6) is 0 Å². The van der Waals surface area contributed by atoms with Crippen LogP contribution in [0, 0.1) is 0 Å². The number of rotatable bonds is 5. The predicted octanol–water partition coefficient (Wildman–Crippen LogP) is 1.20. The van der Waals surface area contributed by atoms with Crippen LogP contribution in [-0.2, 0) is 0 Å². The summed E-state index contributed by atoms with van der Waals surface area (Å²) in [7, 11) is 0. The maximum Gasteiger partial charge on any atom is 0.0110 e. The summed E-state index contributed by atoms with van der Waals surface area (Å²) in [5.41, 5.74) is 0. The molecule has 0 aromatic rings. The maximum absolute atomic E-state index is 3.71. The zero-order valence-corrected chi connectivity index (χ0v) is 10.7.